The van der Waals surface area contributed by atoms with E-state index in [-0.39, 0.29) is 23.9 Å². The highest BCUT2D eigenvalue weighted by Crippen LogP contribution is 2.42. The predicted molar refractivity (Wildman–Crippen MR) is 112 cm³/mol. The van der Waals surface area contributed by atoms with Crippen LogP contribution in [0.5, 0.6) is 11.5 Å². The van der Waals surface area contributed by atoms with Crippen LogP contribution < -0.4 is 9.47 Å². The fraction of sp³-hybridized carbons (Fsp3) is 0.591. The van der Waals surface area contributed by atoms with Crippen LogP contribution in [0.2, 0.25) is 18.1 Å². The van der Waals surface area contributed by atoms with Crippen LogP contribution in [0.4, 0.5) is 0 Å². The summed E-state index contributed by atoms with van der Waals surface area (Å²) >= 11 is 0. The van der Waals surface area contributed by atoms with Gasteiger partial charge in [-0.05, 0) is 72.3 Å². The standard InChI is InChI=1S/C22H32O5Si/c1-15(23)27-18-9-7-8-16(10-18)19-12-21-20(24-14-25-21)11-17(19)13-26-28(5,6)22(2,3)4/h10-12,18H,7-9,13-14H2,1-6H3. The Labute approximate surface area is 169 Å². The van der Waals surface area contributed by atoms with Gasteiger partial charge < -0.3 is 18.6 Å². The number of rotatable bonds is 5. The van der Waals surface area contributed by atoms with Crippen molar-refractivity contribution in [2.45, 2.75) is 77.8 Å². The number of hydrogen-bond donors (Lipinski definition) is 0. The molecule has 1 heterocycles. The van der Waals surface area contributed by atoms with Crippen molar-refractivity contribution in [1.82, 2.24) is 0 Å². The first-order chi connectivity index (χ1) is 13.1. The zero-order valence-electron chi connectivity index (χ0n) is 17.9. The van der Waals surface area contributed by atoms with E-state index >= 15 is 0 Å². The van der Waals surface area contributed by atoms with Gasteiger partial charge in [-0.2, -0.15) is 0 Å². The van der Waals surface area contributed by atoms with Crippen LogP contribution >= 0.6 is 0 Å². The van der Waals surface area contributed by atoms with Gasteiger partial charge in [0.05, 0.1) is 6.61 Å². The summed E-state index contributed by atoms with van der Waals surface area (Å²) in [7, 11) is -1.88. The van der Waals surface area contributed by atoms with Gasteiger partial charge in [0.1, 0.15) is 6.10 Å². The average Bonchev–Trinajstić information content (AvgIpc) is 3.05. The summed E-state index contributed by atoms with van der Waals surface area (Å²) in [4.78, 5) is 11.4. The molecule has 0 bridgehead atoms. The van der Waals surface area contributed by atoms with E-state index in [9.17, 15) is 4.79 Å². The van der Waals surface area contributed by atoms with Crippen LogP contribution in [-0.2, 0) is 20.6 Å². The number of carbonyl (C=O) groups excluding carboxylic acids is 1. The molecular weight excluding hydrogens is 372 g/mol. The van der Waals surface area contributed by atoms with E-state index in [4.69, 9.17) is 18.6 Å². The fourth-order valence-electron chi connectivity index (χ4n) is 3.29. The van der Waals surface area contributed by atoms with Crippen molar-refractivity contribution in [3.05, 3.63) is 29.3 Å². The number of carbonyl (C=O) groups is 1. The molecule has 1 unspecified atom stereocenters. The zero-order valence-corrected chi connectivity index (χ0v) is 18.9. The Morgan fingerprint density at radius 2 is 1.89 bits per heavy atom. The van der Waals surface area contributed by atoms with Gasteiger partial charge in [0.25, 0.3) is 0 Å². The molecular formula is C22H32O5Si. The molecule has 154 valence electrons. The van der Waals surface area contributed by atoms with E-state index in [2.05, 4.69) is 46.0 Å². The van der Waals surface area contributed by atoms with Crippen LogP contribution in [0.3, 0.4) is 0 Å². The van der Waals surface area contributed by atoms with Gasteiger partial charge in [0.2, 0.25) is 6.79 Å². The van der Waals surface area contributed by atoms with Crippen molar-refractivity contribution in [2.75, 3.05) is 6.79 Å². The largest absolute Gasteiger partial charge is 0.458 e. The molecule has 0 amide bonds. The van der Waals surface area contributed by atoms with Crippen molar-refractivity contribution in [3.63, 3.8) is 0 Å². The van der Waals surface area contributed by atoms with E-state index < -0.39 is 8.32 Å². The SMILES string of the molecule is CC(=O)OC1C=C(c2cc3c(cc2CO[Si](C)(C)C(C)(C)C)OCO3)CCC1. The molecule has 0 radical (unpaired) electrons. The molecule has 1 aromatic carbocycles. The molecule has 0 saturated carbocycles. The second-order valence-electron chi connectivity index (χ2n) is 9.14. The lowest BCUT2D eigenvalue weighted by Gasteiger charge is -2.36. The molecule has 1 aliphatic heterocycles. The van der Waals surface area contributed by atoms with Gasteiger partial charge in [-0.15, -0.1) is 0 Å². The summed E-state index contributed by atoms with van der Waals surface area (Å²) in [5.41, 5.74) is 3.40. The molecule has 1 atom stereocenters. The van der Waals surface area contributed by atoms with E-state index in [0.29, 0.717) is 6.61 Å². The van der Waals surface area contributed by atoms with Crippen molar-refractivity contribution in [3.8, 4) is 11.5 Å². The normalized spacial score (nSPS) is 19.4. The van der Waals surface area contributed by atoms with Gasteiger partial charge in [0, 0.05) is 6.92 Å². The Hall–Kier alpha value is -1.79. The Morgan fingerprint density at radius 1 is 1.21 bits per heavy atom. The topological polar surface area (TPSA) is 54.0 Å². The summed E-state index contributed by atoms with van der Waals surface area (Å²) in [6, 6.07) is 4.09. The lowest BCUT2D eigenvalue weighted by atomic mass is 9.89. The molecule has 0 fully saturated rings. The first-order valence-corrected chi connectivity index (χ1v) is 12.9. The monoisotopic (exact) mass is 404 g/mol. The summed E-state index contributed by atoms with van der Waals surface area (Å²) < 4.78 is 23.1. The van der Waals surface area contributed by atoms with Crippen LogP contribution in [0.25, 0.3) is 5.57 Å². The maximum Gasteiger partial charge on any atom is 0.303 e. The van der Waals surface area contributed by atoms with Crippen LogP contribution in [0.1, 0.15) is 58.1 Å². The molecule has 1 aromatic rings. The molecule has 0 aromatic heterocycles. The number of ether oxygens (including phenoxy) is 3. The summed E-state index contributed by atoms with van der Waals surface area (Å²) in [5.74, 6) is 1.29. The minimum Gasteiger partial charge on any atom is -0.458 e. The van der Waals surface area contributed by atoms with Crippen molar-refractivity contribution >= 4 is 19.9 Å². The Bertz CT molecular complexity index is 776. The highest BCUT2D eigenvalue weighted by Gasteiger charge is 2.37. The van der Waals surface area contributed by atoms with Gasteiger partial charge in [-0.25, -0.2) is 0 Å². The molecule has 5 nitrogen and oxygen atoms in total. The number of benzene rings is 1. The second kappa shape index (κ2) is 7.91. The van der Waals surface area contributed by atoms with E-state index in [0.717, 1.165) is 41.9 Å². The van der Waals surface area contributed by atoms with Crippen LogP contribution in [0.15, 0.2) is 18.2 Å². The minimum absolute atomic E-state index is 0.147. The Morgan fingerprint density at radius 3 is 2.54 bits per heavy atom. The van der Waals surface area contributed by atoms with Crippen LogP contribution in [0, 0.1) is 0 Å². The van der Waals surface area contributed by atoms with Gasteiger partial charge in [-0.1, -0.05) is 20.8 Å². The van der Waals surface area contributed by atoms with E-state index in [1.807, 2.05) is 6.07 Å². The van der Waals surface area contributed by atoms with Gasteiger partial charge >= 0.3 is 5.97 Å². The summed E-state index contributed by atoms with van der Waals surface area (Å²) in [5, 5.41) is 0.147. The fourth-order valence-corrected chi connectivity index (χ4v) is 4.24. The van der Waals surface area contributed by atoms with Crippen molar-refractivity contribution < 1.29 is 23.4 Å². The van der Waals surface area contributed by atoms with Crippen LogP contribution in [-0.4, -0.2) is 27.2 Å². The first kappa shape index (κ1) is 20.9. The molecule has 28 heavy (non-hydrogen) atoms. The highest BCUT2D eigenvalue weighted by molar-refractivity contribution is 6.74. The molecule has 2 aliphatic rings. The van der Waals surface area contributed by atoms with E-state index in [1.54, 1.807) is 0 Å². The van der Waals surface area contributed by atoms with Crippen molar-refractivity contribution in [2.24, 2.45) is 0 Å². The lowest BCUT2D eigenvalue weighted by Crippen LogP contribution is -2.40. The number of allylic oxidation sites excluding steroid dienone is 1. The quantitative estimate of drug-likeness (QED) is 0.483. The summed E-state index contributed by atoms with van der Waals surface area (Å²) in [6.45, 7) is 13.5. The predicted octanol–water partition coefficient (Wildman–Crippen LogP) is 5.44. The third kappa shape index (κ3) is 4.61. The number of esters is 1. The smallest absolute Gasteiger partial charge is 0.303 e. The second-order valence-corrected chi connectivity index (χ2v) is 14.0. The molecule has 0 spiro atoms. The first-order valence-electron chi connectivity index (χ1n) is 10.0. The van der Waals surface area contributed by atoms with Gasteiger partial charge in [0.15, 0.2) is 19.8 Å². The number of hydrogen-bond acceptors (Lipinski definition) is 5. The average molecular weight is 405 g/mol. The van der Waals surface area contributed by atoms with Gasteiger partial charge in [-0.3, -0.25) is 4.79 Å². The van der Waals surface area contributed by atoms with Crippen molar-refractivity contribution in [1.29, 1.82) is 0 Å². The molecule has 1 aliphatic carbocycles. The minimum atomic E-state index is -1.88. The maximum absolute atomic E-state index is 11.4. The lowest BCUT2D eigenvalue weighted by molar-refractivity contribution is -0.144. The third-order valence-electron chi connectivity index (χ3n) is 5.98. The van der Waals surface area contributed by atoms with E-state index in [1.165, 1.54) is 12.5 Å². The maximum atomic E-state index is 11.4. The Balaban J connectivity index is 1.92. The highest BCUT2D eigenvalue weighted by atomic mass is 28.4. The Kier molecular flexibility index (Phi) is 5.91. The molecule has 0 saturated heterocycles. The molecule has 6 heteroatoms. The molecule has 3 rings (SSSR count). The zero-order chi connectivity index (χ0) is 20.5. The molecule has 0 N–H and O–H groups in total. The number of fused-ring (bicyclic) bond motifs is 1. The third-order valence-corrected chi connectivity index (χ3v) is 10.5. The summed E-state index contributed by atoms with van der Waals surface area (Å²) in [6.07, 6.45) is 4.72.